The fourth-order valence-corrected chi connectivity index (χ4v) is 2.09. The molecule has 0 aliphatic rings. The highest BCUT2D eigenvalue weighted by atomic mass is 19.4. The molecule has 2 heterocycles. The van der Waals surface area contributed by atoms with Gasteiger partial charge in [0.25, 0.3) is 0 Å². The molecule has 0 unspecified atom stereocenters. The number of halogens is 3. The van der Waals surface area contributed by atoms with Gasteiger partial charge >= 0.3 is 6.18 Å². The second kappa shape index (κ2) is 4.47. The highest BCUT2D eigenvalue weighted by molar-refractivity contribution is 5.80. The molecule has 0 bridgehead atoms. The monoisotopic (exact) mass is 292 g/mol. The molecule has 2 aromatic heterocycles. The van der Waals surface area contributed by atoms with E-state index in [2.05, 4.69) is 15.0 Å². The molecule has 4 nitrogen and oxygen atoms in total. The number of nitrogens with zero attached hydrogens (tertiary/aromatic N) is 2. The van der Waals surface area contributed by atoms with Crippen LogP contribution in [0.25, 0.3) is 22.6 Å². The van der Waals surface area contributed by atoms with Gasteiger partial charge in [-0.2, -0.15) is 13.2 Å². The summed E-state index contributed by atoms with van der Waals surface area (Å²) in [6.45, 7) is 1.89. The number of nitrogens with two attached hydrogens (primary N) is 1. The zero-order valence-electron chi connectivity index (χ0n) is 11.0. The molecule has 3 N–H and O–H groups in total. The minimum absolute atomic E-state index is 0.0144. The predicted molar refractivity (Wildman–Crippen MR) is 73.5 cm³/mol. The molecule has 0 aliphatic heterocycles. The van der Waals surface area contributed by atoms with Crippen LogP contribution in [0.4, 0.5) is 18.9 Å². The third kappa shape index (κ3) is 2.42. The van der Waals surface area contributed by atoms with Crippen molar-refractivity contribution in [3.05, 3.63) is 41.6 Å². The number of rotatable bonds is 1. The first-order valence-electron chi connectivity index (χ1n) is 6.14. The van der Waals surface area contributed by atoms with Crippen molar-refractivity contribution in [2.24, 2.45) is 0 Å². The van der Waals surface area contributed by atoms with Crippen molar-refractivity contribution in [2.75, 3.05) is 5.73 Å². The Bertz CT molecular complexity index is 821. The number of hydrogen-bond acceptors (Lipinski definition) is 3. The molecule has 7 heteroatoms. The van der Waals surface area contributed by atoms with Crippen molar-refractivity contribution in [3.8, 4) is 11.4 Å². The number of aromatic nitrogens is 3. The van der Waals surface area contributed by atoms with Crippen molar-refractivity contribution >= 4 is 16.9 Å². The van der Waals surface area contributed by atoms with Crippen LogP contribution in [0.3, 0.4) is 0 Å². The second-order valence-corrected chi connectivity index (χ2v) is 4.77. The highest BCUT2D eigenvalue weighted by Crippen LogP contribution is 2.34. The number of fused-ring (bicyclic) bond motifs is 1. The fourth-order valence-electron chi connectivity index (χ4n) is 2.09. The summed E-state index contributed by atoms with van der Waals surface area (Å²) in [4.78, 5) is 11.4. The van der Waals surface area contributed by atoms with Crippen molar-refractivity contribution in [3.63, 3.8) is 0 Å². The van der Waals surface area contributed by atoms with E-state index in [0.717, 1.165) is 17.7 Å². The molecule has 0 fully saturated rings. The summed E-state index contributed by atoms with van der Waals surface area (Å²) in [5.74, 6) is 0.398. The van der Waals surface area contributed by atoms with E-state index in [1.807, 2.05) is 13.0 Å². The van der Waals surface area contributed by atoms with Crippen molar-refractivity contribution in [1.29, 1.82) is 0 Å². The smallest absolute Gasteiger partial charge is 0.398 e. The molecule has 21 heavy (non-hydrogen) atoms. The number of aryl methyl sites for hydroxylation is 1. The third-order valence-electron chi connectivity index (χ3n) is 3.11. The van der Waals surface area contributed by atoms with E-state index in [0.29, 0.717) is 22.6 Å². The van der Waals surface area contributed by atoms with Crippen LogP contribution in [0.2, 0.25) is 0 Å². The first-order chi connectivity index (χ1) is 9.84. The van der Waals surface area contributed by atoms with Crippen LogP contribution >= 0.6 is 0 Å². The van der Waals surface area contributed by atoms with Gasteiger partial charge in [0.15, 0.2) is 5.65 Å². The van der Waals surface area contributed by atoms with E-state index in [4.69, 9.17) is 5.73 Å². The maximum Gasteiger partial charge on any atom is 0.416 e. The highest BCUT2D eigenvalue weighted by Gasteiger charge is 2.31. The Morgan fingerprint density at radius 2 is 1.95 bits per heavy atom. The van der Waals surface area contributed by atoms with Crippen LogP contribution in [0.15, 0.2) is 30.5 Å². The summed E-state index contributed by atoms with van der Waals surface area (Å²) in [6.07, 6.45) is -2.75. The maximum atomic E-state index is 12.6. The number of H-pyrrole nitrogens is 1. The van der Waals surface area contributed by atoms with E-state index in [9.17, 15) is 13.2 Å². The Kier molecular flexibility index (Phi) is 2.86. The number of imidazole rings is 1. The number of nitrogens with one attached hydrogen (secondary N) is 1. The maximum absolute atomic E-state index is 12.6. The predicted octanol–water partition coefficient (Wildman–Crippen LogP) is 3.53. The van der Waals surface area contributed by atoms with Gasteiger partial charge in [0.05, 0.1) is 11.1 Å². The van der Waals surface area contributed by atoms with E-state index >= 15 is 0 Å². The van der Waals surface area contributed by atoms with Gasteiger partial charge in [-0.1, -0.05) is 0 Å². The topological polar surface area (TPSA) is 67.6 Å². The lowest BCUT2D eigenvalue weighted by Gasteiger charge is -2.09. The Balaban J connectivity index is 2.10. The molecule has 0 atom stereocenters. The molecule has 0 radical (unpaired) electrons. The average molecular weight is 292 g/mol. The number of hydrogen-bond donors (Lipinski definition) is 2. The first kappa shape index (κ1) is 13.4. The number of alkyl halides is 3. The van der Waals surface area contributed by atoms with Crippen LogP contribution in [0.1, 0.15) is 11.1 Å². The van der Waals surface area contributed by atoms with Gasteiger partial charge < -0.3 is 10.7 Å². The molecule has 108 valence electrons. The number of aromatic amines is 1. The Morgan fingerprint density at radius 1 is 1.19 bits per heavy atom. The van der Waals surface area contributed by atoms with Gasteiger partial charge in [-0.3, -0.25) is 0 Å². The molecule has 3 aromatic rings. The SMILES string of the molecule is Cc1cnc2nc(-c3ccc(C(F)(F)F)cc3N)[nH]c2c1. The van der Waals surface area contributed by atoms with E-state index in [-0.39, 0.29) is 5.69 Å². The normalized spacial score (nSPS) is 12.0. The summed E-state index contributed by atoms with van der Waals surface area (Å²) in [7, 11) is 0. The van der Waals surface area contributed by atoms with E-state index in [1.165, 1.54) is 6.07 Å². The van der Waals surface area contributed by atoms with Gasteiger partial charge in [0, 0.05) is 17.4 Å². The largest absolute Gasteiger partial charge is 0.416 e. The lowest BCUT2D eigenvalue weighted by Crippen LogP contribution is -2.06. The summed E-state index contributed by atoms with van der Waals surface area (Å²) < 4.78 is 37.9. The second-order valence-electron chi connectivity index (χ2n) is 4.77. The molecule has 3 rings (SSSR count). The molecule has 0 amide bonds. The number of anilines is 1. The zero-order chi connectivity index (χ0) is 15.2. The minimum Gasteiger partial charge on any atom is -0.398 e. The van der Waals surface area contributed by atoms with Gasteiger partial charge in [-0.15, -0.1) is 0 Å². The molecular weight excluding hydrogens is 281 g/mol. The Labute approximate surface area is 117 Å². The van der Waals surface area contributed by atoms with E-state index < -0.39 is 11.7 Å². The third-order valence-corrected chi connectivity index (χ3v) is 3.11. The lowest BCUT2D eigenvalue weighted by atomic mass is 10.1. The standard InChI is InChI=1S/C14H11F3N4/c1-7-4-11-13(19-6-7)21-12(20-11)9-3-2-8(5-10(9)18)14(15,16)17/h2-6H,18H2,1H3,(H,19,20,21). The minimum atomic E-state index is -4.42. The lowest BCUT2D eigenvalue weighted by molar-refractivity contribution is -0.137. The molecule has 1 aromatic carbocycles. The van der Waals surface area contributed by atoms with Gasteiger partial charge in [-0.25, -0.2) is 9.97 Å². The number of benzene rings is 1. The van der Waals surface area contributed by atoms with Crippen LogP contribution in [0, 0.1) is 6.92 Å². The Hall–Kier alpha value is -2.57. The quantitative estimate of drug-likeness (QED) is 0.674. The van der Waals surface area contributed by atoms with Crippen LogP contribution in [-0.4, -0.2) is 15.0 Å². The van der Waals surface area contributed by atoms with Gasteiger partial charge in [-0.05, 0) is 36.8 Å². The average Bonchev–Trinajstić information content (AvgIpc) is 2.80. The summed E-state index contributed by atoms with van der Waals surface area (Å²) >= 11 is 0. The van der Waals surface area contributed by atoms with E-state index in [1.54, 1.807) is 6.20 Å². The van der Waals surface area contributed by atoms with Gasteiger partial charge in [0.1, 0.15) is 5.82 Å². The summed E-state index contributed by atoms with van der Waals surface area (Å²) in [5, 5.41) is 0. The van der Waals surface area contributed by atoms with Crippen LogP contribution in [0.5, 0.6) is 0 Å². The fraction of sp³-hybridized carbons (Fsp3) is 0.143. The molecule has 0 spiro atoms. The molecule has 0 saturated heterocycles. The molecule has 0 saturated carbocycles. The Morgan fingerprint density at radius 3 is 2.62 bits per heavy atom. The van der Waals surface area contributed by atoms with Crippen LogP contribution in [-0.2, 0) is 6.18 Å². The molecular formula is C14H11F3N4. The zero-order valence-corrected chi connectivity index (χ0v) is 11.0. The summed E-state index contributed by atoms with van der Waals surface area (Å²) in [5.41, 5.74) is 7.53. The molecule has 0 aliphatic carbocycles. The van der Waals surface area contributed by atoms with Crippen molar-refractivity contribution < 1.29 is 13.2 Å². The number of pyridine rings is 1. The first-order valence-corrected chi connectivity index (χ1v) is 6.14. The summed E-state index contributed by atoms with van der Waals surface area (Å²) in [6, 6.07) is 5.06. The van der Waals surface area contributed by atoms with Crippen molar-refractivity contribution in [2.45, 2.75) is 13.1 Å². The number of nitrogen functional groups attached to an aromatic ring is 1. The van der Waals surface area contributed by atoms with Crippen LogP contribution < -0.4 is 5.73 Å². The van der Waals surface area contributed by atoms with Gasteiger partial charge in [0.2, 0.25) is 0 Å². The van der Waals surface area contributed by atoms with Crippen molar-refractivity contribution in [1.82, 2.24) is 15.0 Å².